The van der Waals surface area contributed by atoms with Gasteiger partial charge >= 0.3 is 0 Å². The molecule has 0 unspecified atom stereocenters. The van der Waals surface area contributed by atoms with Crippen molar-refractivity contribution < 1.29 is 9.53 Å². The molecule has 7 heteroatoms. The van der Waals surface area contributed by atoms with E-state index in [1.165, 1.54) is 0 Å². The molecule has 7 nitrogen and oxygen atoms in total. The lowest BCUT2D eigenvalue weighted by atomic mass is 10.1. The summed E-state index contributed by atoms with van der Waals surface area (Å²) < 4.78 is 7.21. The van der Waals surface area contributed by atoms with Gasteiger partial charge in [0.1, 0.15) is 0 Å². The molecule has 0 bridgehead atoms. The highest BCUT2D eigenvalue weighted by Gasteiger charge is 2.23. The van der Waals surface area contributed by atoms with E-state index in [-0.39, 0.29) is 5.91 Å². The third-order valence-electron chi connectivity index (χ3n) is 4.83. The van der Waals surface area contributed by atoms with Crippen LogP contribution in [0.5, 0.6) is 0 Å². The predicted octanol–water partition coefficient (Wildman–Crippen LogP) is 1.15. The number of anilines is 2. The molecule has 4 rings (SSSR count). The van der Waals surface area contributed by atoms with Crippen LogP contribution < -0.4 is 15.5 Å². The van der Waals surface area contributed by atoms with Crippen molar-refractivity contribution in [3.8, 4) is 0 Å². The highest BCUT2D eigenvalue weighted by molar-refractivity contribution is 6.04. The molecule has 0 radical (unpaired) electrons. The number of nitrogens with zero attached hydrogens (tertiary/aromatic N) is 3. The first kappa shape index (κ1) is 16.1. The summed E-state index contributed by atoms with van der Waals surface area (Å²) >= 11 is 0. The van der Waals surface area contributed by atoms with Gasteiger partial charge in [0, 0.05) is 62.3 Å². The number of aryl methyl sites for hydroxylation is 1. The topological polar surface area (TPSA) is 71.4 Å². The van der Waals surface area contributed by atoms with Gasteiger partial charge in [0.2, 0.25) is 0 Å². The third kappa shape index (κ3) is 3.25. The van der Waals surface area contributed by atoms with Crippen LogP contribution in [0.1, 0.15) is 21.7 Å². The van der Waals surface area contributed by atoms with Crippen LogP contribution >= 0.6 is 0 Å². The molecule has 0 spiro atoms. The number of ether oxygens (including phenoxy) is 1. The minimum atomic E-state index is -0.153. The maximum Gasteiger partial charge on any atom is 0.276 e. The molecule has 1 fully saturated rings. The first-order valence-corrected chi connectivity index (χ1v) is 8.72. The number of hydrogen-bond acceptors (Lipinski definition) is 5. The van der Waals surface area contributed by atoms with Crippen LogP contribution in [0.3, 0.4) is 0 Å². The molecule has 0 aliphatic carbocycles. The number of rotatable bonds is 3. The second-order valence-electron chi connectivity index (χ2n) is 6.42. The number of fused-ring (bicyclic) bond motifs is 1. The molecule has 3 heterocycles. The van der Waals surface area contributed by atoms with E-state index in [2.05, 4.69) is 20.6 Å². The SMILES string of the molecule is Cn1nc(C(=O)Nc2ccc(N3CCOCC3)cc2)c2c1CCNC2. The smallest absolute Gasteiger partial charge is 0.276 e. The number of carbonyl (C=O) groups is 1. The van der Waals surface area contributed by atoms with E-state index in [0.717, 1.165) is 61.9 Å². The van der Waals surface area contributed by atoms with E-state index < -0.39 is 0 Å². The number of benzene rings is 1. The van der Waals surface area contributed by atoms with Crippen LogP contribution in [0.2, 0.25) is 0 Å². The monoisotopic (exact) mass is 341 g/mol. The summed E-state index contributed by atoms with van der Waals surface area (Å²) in [5.74, 6) is -0.153. The van der Waals surface area contributed by atoms with Crippen molar-refractivity contribution in [3.63, 3.8) is 0 Å². The Morgan fingerprint density at radius 2 is 2.00 bits per heavy atom. The quantitative estimate of drug-likeness (QED) is 0.876. The lowest BCUT2D eigenvalue weighted by Crippen LogP contribution is -2.36. The summed E-state index contributed by atoms with van der Waals surface area (Å²) in [6.07, 6.45) is 0.903. The van der Waals surface area contributed by atoms with Gasteiger partial charge < -0.3 is 20.3 Å². The first-order valence-electron chi connectivity index (χ1n) is 8.72. The van der Waals surface area contributed by atoms with Gasteiger partial charge in [-0.25, -0.2) is 0 Å². The summed E-state index contributed by atoms with van der Waals surface area (Å²) in [4.78, 5) is 14.9. The molecule has 1 amide bonds. The minimum Gasteiger partial charge on any atom is -0.378 e. The van der Waals surface area contributed by atoms with Crippen molar-refractivity contribution in [2.24, 2.45) is 7.05 Å². The number of hydrogen-bond donors (Lipinski definition) is 2. The van der Waals surface area contributed by atoms with Gasteiger partial charge in [-0.05, 0) is 24.3 Å². The lowest BCUT2D eigenvalue weighted by Gasteiger charge is -2.28. The third-order valence-corrected chi connectivity index (χ3v) is 4.83. The summed E-state index contributed by atoms with van der Waals surface area (Å²) in [7, 11) is 1.90. The Labute approximate surface area is 147 Å². The lowest BCUT2D eigenvalue weighted by molar-refractivity contribution is 0.102. The van der Waals surface area contributed by atoms with Gasteiger partial charge in [-0.15, -0.1) is 0 Å². The van der Waals surface area contributed by atoms with Gasteiger partial charge in [0.05, 0.1) is 13.2 Å². The molecular formula is C18H23N5O2. The van der Waals surface area contributed by atoms with E-state index in [4.69, 9.17) is 4.74 Å². The molecule has 2 N–H and O–H groups in total. The number of carbonyl (C=O) groups excluding carboxylic acids is 1. The molecular weight excluding hydrogens is 318 g/mol. The Balaban J connectivity index is 1.48. The molecule has 1 saturated heterocycles. The van der Waals surface area contributed by atoms with E-state index in [0.29, 0.717) is 12.2 Å². The summed E-state index contributed by atoms with van der Waals surface area (Å²) in [5, 5.41) is 10.7. The number of aromatic nitrogens is 2. The van der Waals surface area contributed by atoms with Gasteiger partial charge in [-0.2, -0.15) is 5.10 Å². The number of nitrogens with one attached hydrogen (secondary N) is 2. The molecule has 1 aromatic heterocycles. The normalized spacial score (nSPS) is 17.2. The van der Waals surface area contributed by atoms with Gasteiger partial charge in [-0.1, -0.05) is 0 Å². The fourth-order valence-corrected chi connectivity index (χ4v) is 3.47. The summed E-state index contributed by atoms with van der Waals surface area (Å²) in [5.41, 5.74) is 4.61. The largest absolute Gasteiger partial charge is 0.378 e. The minimum absolute atomic E-state index is 0.153. The average Bonchev–Trinajstić information content (AvgIpc) is 3.00. The van der Waals surface area contributed by atoms with Crippen LogP contribution in [0, 0.1) is 0 Å². The van der Waals surface area contributed by atoms with Gasteiger partial charge in [0.15, 0.2) is 5.69 Å². The van der Waals surface area contributed by atoms with E-state index >= 15 is 0 Å². The summed E-state index contributed by atoms with van der Waals surface area (Å²) in [6.45, 7) is 4.95. The Hall–Kier alpha value is -2.38. The maximum absolute atomic E-state index is 12.6. The van der Waals surface area contributed by atoms with Gasteiger partial charge in [-0.3, -0.25) is 9.48 Å². The molecule has 0 saturated carbocycles. The molecule has 0 atom stereocenters. The summed E-state index contributed by atoms with van der Waals surface area (Å²) in [6, 6.07) is 7.96. The Morgan fingerprint density at radius 1 is 1.24 bits per heavy atom. The van der Waals surface area contributed by atoms with Crippen LogP contribution in [0.15, 0.2) is 24.3 Å². The molecule has 2 aliphatic heterocycles. The van der Waals surface area contributed by atoms with Crippen molar-refractivity contribution >= 4 is 17.3 Å². The number of morpholine rings is 1. The standard InChI is InChI=1S/C18H23N5O2/c1-22-16-6-7-19-12-15(16)17(21-22)18(24)20-13-2-4-14(5-3-13)23-8-10-25-11-9-23/h2-5,19H,6-12H2,1H3,(H,20,24). The zero-order chi connectivity index (χ0) is 17.2. The molecule has 2 aromatic rings. The average molecular weight is 341 g/mol. The second kappa shape index (κ2) is 6.85. The van der Waals surface area contributed by atoms with Crippen LogP contribution in [0.25, 0.3) is 0 Å². The van der Waals surface area contributed by atoms with Crippen molar-refractivity contribution in [2.45, 2.75) is 13.0 Å². The van der Waals surface area contributed by atoms with E-state index in [1.54, 1.807) is 0 Å². The van der Waals surface area contributed by atoms with Crippen LogP contribution in [0.4, 0.5) is 11.4 Å². The van der Waals surface area contributed by atoms with Crippen LogP contribution in [-0.2, 0) is 24.8 Å². The zero-order valence-corrected chi connectivity index (χ0v) is 14.4. The molecule has 25 heavy (non-hydrogen) atoms. The maximum atomic E-state index is 12.6. The highest BCUT2D eigenvalue weighted by atomic mass is 16.5. The number of amides is 1. The van der Waals surface area contributed by atoms with Crippen LogP contribution in [-0.4, -0.2) is 48.5 Å². The second-order valence-corrected chi connectivity index (χ2v) is 6.42. The van der Waals surface area contributed by atoms with E-state index in [9.17, 15) is 4.79 Å². The predicted molar refractivity (Wildman–Crippen MR) is 96.0 cm³/mol. The van der Waals surface area contributed by atoms with Crippen molar-refractivity contribution in [3.05, 3.63) is 41.2 Å². The molecule has 132 valence electrons. The van der Waals surface area contributed by atoms with Gasteiger partial charge in [0.25, 0.3) is 5.91 Å². The Bertz CT molecular complexity index is 763. The fourth-order valence-electron chi connectivity index (χ4n) is 3.47. The molecule has 1 aromatic carbocycles. The van der Waals surface area contributed by atoms with Crippen molar-refractivity contribution in [2.75, 3.05) is 43.1 Å². The van der Waals surface area contributed by atoms with Crippen molar-refractivity contribution in [1.29, 1.82) is 0 Å². The Kier molecular flexibility index (Phi) is 4.42. The first-order chi connectivity index (χ1) is 12.2. The van der Waals surface area contributed by atoms with E-state index in [1.807, 2.05) is 36.0 Å². The van der Waals surface area contributed by atoms with Crippen molar-refractivity contribution in [1.82, 2.24) is 15.1 Å². The Morgan fingerprint density at radius 3 is 2.76 bits per heavy atom. The highest BCUT2D eigenvalue weighted by Crippen LogP contribution is 2.21. The molecule has 2 aliphatic rings. The fraction of sp³-hybridized carbons (Fsp3) is 0.444. The zero-order valence-electron chi connectivity index (χ0n) is 14.4.